The van der Waals surface area contributed by atoms with E-state index in [1.807, 2.05) is 10.7 Å². The zero-order chi connectivity index (χ0) is 21.7. The third-order valence-corrected chi connectivity index (χ3v) is 7.93. The SMILES string of the molecule is CC(C)n1nc(-c2cnc(N)c(C(F)(F)F)c2)cc1[C@]12C3[C@@H](N4CCOCC4)C[C@@H]1[C@H]32. The highest BCUT2D eigenvalue weighted by Gasteiger charge is 2.93. The molecule has 9 heteroatoms. The van der Waals surface area contributed by atoms with E-state index in [4.69, 9.17) is 15.6 Å². The van der Waals surface area contributed by atoms with Crippen LogP contribution in [0.15, 0.2) is 18.3 Å². The van der Waals surface area contributed by atoms with E-state index >= 15 is 0 Å². The first-order chi connectivity index (χ1) is 14.7. The number of nitrogens with two attached hydrogens (primary N) is 1. The van der Waals surface area contributed by atoms with Crippen molar-refractivity contribution in [2.75, 3.05) is 32.0 Å². The molecule has 6 nitrogen and oxygen atoms in total. The average Bonchev–Trinajstić information content (AvgIpc) is 3.30. The Morgan fingerprint density at radius 1 is 1.19 bits per heavy atom. The van der Waals surface area contributed by atoms with Crippen molar-refractivity contribution < 1.29 is 17.9 Å². The first-order valence-electron chi connectivity index (χ1n) is 11.0. The number of alkyl halides is 3. The van der Waals surface area contributed by atoms with E-state index in [-0.39, 0.29) is 11.5 Å². The molecule has 5 fully saturated rings. The summed E-state index contributed by atoms with van der Waals surface area (Å²) in [6.07, 6.45) is -1.95. The fourth-order valence-corrected chi connectivity index (χ4v) is 6.57. The summed E-state index contributed by atoms with van der Waals surface area (Å²) in [4.78, 5) is 6.38. The molecule has 5 aliphatic rings. The van der Waals surface area contributed by atoms with Crippen molar-refractivity contribution in [2.24, 2.45) is 17.8 Å². The molecule has 1 saturated heterocycles. The summed E-state index contributed by atoms with van der Waals surface area (Å²) in [5.74, 6) is 1.49. The lowest BCUT2D eigenvalue weighted by molar-refractivity contribution is -0.137. The van der Waals surface area contributed by atoms with Gasteiger partial charge in [0.1, 0.15) is 5.82 Å². The molecule has 5 atom stereocenters. The average molecular weight is 433 g/mol. The molecule has 31 heavy (non-hydrogen) atoms. The largest absolute Gasteiger partial charge is 0.419 e. The maximum absolute atomic E-state index is 13.3. The van der Waals surface area contributed by atoms with Crippen LogP contribution in [-0.2, 0) is 16.3 Å². The number of aromatic nitrogens is 3. The van der Waals surface area contributed by atoms with Crippen molar-refractivity contribution in [3.05, 3.63) is 29.6 Å². The molecule has 0 radical (unpaired) electrons. The molecule has 7 rings (SSSR count). The van der Waals surface area contributed by atoms with Crippen LogP contribution in [0, 0.1) is 17.8 Å². The summed E-state index contributed by atoms with van der Waals surface area (Å²) in [5, 5.41) is 4.74. The molecule has 4 aliphatic carbocycles. The van der Waals surface area contributed by atoms with Crippen LogP contribution < -0.4 is 5.73 Å². The third kappa shape index (κ3) is 2.59. The van der Waals surface area contributed by atoms with Crippen molar-refractivity contribution in [1.29, 1.82) is 0 Å². The van der Waals surface area contributed by atoms with E-state index in [0.717, 1.165) is 32.4 Å². The van der Waals surface area contributed by atoms with Gasteiger partial charge in [-0.05, 0) is 50.2 Å². The number of pyridine rings is 1. The third-order valence-electron chi connectivity index (χ3n) is 7.93. The van der Waals surface area contributed by atoms with Crippen molar-refractivity contribution >= 4 is 5.82 Å². The van der Waals surface area contributed by atoms with Crippen LogP contribution in [-0.4, -0.2) is 52.0 Å². The molecule has 166 valence electrons. The smallest absolute Gasteiger partial charge is 0.383 e. The summed E-state index contributed by atoms with van der Waals surface area (Å²) >= 11 is 0. The Morgan fingerprint density at radius 2 is 1.94 bits per heavy atom. The quantitative estimate of drug-likeness (QED) is 0.801. The Kier molecular flexibility index (Phi) is 3.92. The number of anilines is 1. The topological polar surface area (TPSA) is 69.2 Å². The molecule has 2 bridgehead atoms. The number of fused-ring (bicyclic) bond motifs is 1. The fourth-order valence-electron chi connectivity index (χ4n) is 6.57. The number of hydrogen-bond acceptors (Lipinski definition) is 5. The van der Waals surface area contributed by atoms with Gasteiger partial charge in [-0.25, -0.2) is 4.98 Å². The van der Waals surface area contributed by atoms with Gasteiger partial charge in [0, 0.05) is 48.0 Å². The lowest BCUT2D eigenvalue weighted by Crippen LogP contribution is -2.43. The Labute approximate surface area is 178 Å². The molecule has 2 aromatic heterocycles. The fraction of sp³-hybridized carbons (Fsp3) is 0.636. The first kappa shape index (κ1) is 19.5. The van der Waals surface area contributed by atoms with Crippen LogP contribution in [0.5, 0.6) is 0 Å². The summed E-state index contributed by atoms with van der Waals surface area (Å²) in [6, 6.07) is 3.79. The number of nitrogen functional groups attached to an aromatic ring is 1. The number of morpholine rings is 1. The molecule has 0 spiro atoms. The number of halogens is 3. The molecule has 3 heterocycles. The molecule has 1 unspecified atom stereocenters. The highest BCUT2D eigenvalue weighted by atomic mass is 19.4. The first-order valence-corrected chi connectivity index (χ1v) is 11.0. The van der Waals surface area contributed by atoms with Crippen molar-refractivity contribution in [1.82, 2.24) is 19.7 Å². The van der Waals surface area contributed by atoms with Gasteiger partial charge in [-0.3, -0.25) is 9.58 Å². The van der Waals surface area contributed by atoms with Crippen LogP contribution in [0.2, 0.25) is 0 Å². The second kappa shape index (κ2) is 6.22. The minimum atomic E-state index is -4.54. The van der Waals surface area contributed by atoms with Crippen molar-refractivity contribution in [3.63, 3.8) is 0 Å². The lowest BCUT2D eigenvalue weighted by Gasteiger charge is -2.32. The maximum atomic E-state index is 13.3. The molecule has 0 amide bonds. The van der Waals surface area contributed by atoms with E-state index in [2.05, 4.69) is 23.7 Å². The zero-order valence-corrected chi connectivity index (χ0v) is 17.6. The standard InChI is InChI=1S/C22H26F3N5O/c1-11(2)30-17(9-15(28-30)12-7-14(22(23,24)25)20(26)27-10-12)21-13-8-16(19(21)18(13)21)29-3-5-31-6-4-29/h7,9-11,13,16,18-19H,3-6,8H2,1-2H3,(H2,26,27)/t13-,16+,18-,19?,21-/m1/s1. The van der Waals surface area contributed by atoms with Crippen molar-refractivity contribution in [3.8, 4) is 11.3 Å². The summed E-state index contributed by atoms with van der Waals surface area (Å²) in [5.41, 5.74) is 6.80. The normalized spacial score (nSPS) is 34.3. The lowest BCUT2D eigenvalue weighted by atomic mass is 9.99. The zero-order valence-electron chi connectivity index (χ0n) is 17.6. The van der Waals surface area contributed by atoms with Gasteiger partial charge in [0.05, 0.1) is 24.5 Å². The molecule has 0 aromatic carbocycles. The van der Waals surface area contributed by atoms with Gasteiger partial charge in [-0.15, -0.1) is 0 Å². The van der Waals surface area contributed by atoms with Gasteiger partial charge < -0.3 is 10.5 Å². The van der Waals surface area contributed by atoms with Gasteiger partial charge in [-0.1, -0.05) is 0 Å². The van der Waals surface area contributed by atoms with Crippen LogP contribution in [0.3, 0.4) is 0 Å². The predicted octanol–water partition coefficient (Wildman–Crippen LogP) is 3.35. The molecule has 2 aromatic rings. The summed E-state index contributed by atoms with van der Waals surface area (Å²) < 4.78 is 47.5. The van der Waals surface area contributed by atoms with Crippen LogP contribution in [0.1, 0.15) is 37.6 Å². The van der Waals surface area contributed by atoms with E-state index < -0.39 is 17.6 Å². The molecule has 2 N–H and O–H groups in total. The minimum absolute atomic E-state index is 0.130. The second-order valence-electron chi connectivity index (χ2n) is 9.65. The Balaban J connectivity index is 1.35. The predicted molar refractivity (Wildman–Crippen MR) is 108 cm³/mol. The van der Waals surface area contributed by atoms with Crippen LogP contribution in [0.25, 0.3) is 11.3 Å². The molecular weight excluding hydrogens is 407 g/mol. The van der Waals surface area contributed by atoms with Gasteiger partial charge in [0.15, 0.2) is 0 Å². The van der Waals surface area contributed by atoms with Gasteiger partial charge in [0.2, 0.25) is 0 Å². The number of hydrogen-bond donors (Lipinski definition) is 1. The highest BCUT2D eigenvalue weighted by Crippen LogP contribution is 2.91. The maximum Gasteiger partial charge on any atom is 0.419 e. The molecule has 1 aliphatic heterocycles. The number of nitrogens with zero attached hydrogens (tertiary/aromatic N) is 4. The minimum Gasteiger partial charge on any atom is -0.383 e. The molecule has 4 saturated carbocycles. The van der Waals surface area contributed by atoms with Crippen molar-refractivity contribution in [2.45, 2.75) is 43.9 Å². The van der Waals surface area contributed by atoms with Gasteiger partial charge in [0.25, 0.3) is 0 Å². The Hall–Kier alpha value is -2.13. The van der Waals surface area contributed by atoms with E-state index in [0.29, 0.717) is 35.1 Å². The number of ether oxygens (including phenoxy) is 1. The van der Waals surface area contributed by atoms with E-state index in [1.54, 1.807) is 0 Å². The van der Waals surface area contributed by atoms with Gasteiger partial charge in [-0.2, -0.15) is 18.3 Å². The molecular formula is C22H26F3N5O. The number of rotatable bonds is 4. The summed E-state index contributed by atoms with van der Waals surface area (Å²) in [7, 11) is 0. The Morgan fingerprint density at radius 3 is 2.58 bits per heavy atom. The van der Waals surface area contributed by atoms with Gasteiger partial charge >= 0.3 is 6.18 Å². The van der Waals surface area contributed by atoms with E-state index in [9.17, 15) is 13.2 Å². The van der Waals surface area contributed by atoms with E-state index in [1.165, 1.54) is 18.3 Å². The second-order valence-corrected chi connectivity index (χ2v) is 9.65. The summed E-state index contributed by atoms with van der Waals surface area (Å²) in [6.45, 7) is 7.71. The Bertz CT molecular complexity index is 1040. The van der Waals surface area contributed by atoms with Crippen LogP contribution in [0.4, 0.5) is 19.0 Å². The highest BCUT2D eigenvalue weighted by molar-refractivity contribution is 5.65. The van der Waals surface area contributed by atoms with Crippen LogP contribution >= 0.6 is 0 Å². The monoisotopic (exact) mass is 433 g/mol.